The second-order valence-corrected chi connectivity index (χ2v) is 13.9. The summed E-state index contributed by atoms with van der Waals surface area (Å²) in [5.41, 5.74) is 3.27. The fourth-order valence-electron chi connectivity index (χ4n) is 5.11. The van der Waals surface area contributed by atoms with Crippen molar-refractivity contribution in [1.82, 2.24) is 10.2 Å². The summed E-state index contributed by atoms with van der Waals surface area (Å²) in [7, 11) is -4.20. The molecule has 0 heterocycles. The second kappa shape index (κ2) is 15.0. The number of nitrogens with one attached hydrogen (secondary N) is 1. The number of anilines is 1. The molecule has 0 spiro atoms. The molecule has 4 aromatic carbocycles. The van der Waals surface area contributed by atoms with Crippen molar-refractivity contribution >= 4 is 50.7 Å². The lowest BCUT2D eigenvalue weighted by atomic mass is 10.0. The Hall–Kier alpha value is -3.85. The Kier molecular flexibility index (Phi) is 11.3. The Bertz CT molecular complexity index is 1730. The van der Waals surface area contributed by atoms with E-state index in [1.165, 1.54) is 17.0 Å². The minimum absolute atomic E-state index is 0.0388. The molecule has 1 N–H and O–H groups in total. The van der Waals surface area contributed by atoms with Gasteiger partial charge in [-0.1, -0.05) is 95.5 Å². The van der Waals surface area contributed by atoms with Crippen molar-refractivity contribution in [2.75, 3.05) is 10.8 Å². The topological polar surface area (TPSA) is 86.8 Å². The smallest absolute Gasteiger partial charge is 0.264 e. The predicted octanol–water partition coefficient (Wildman–Crippen LogP) is 6.97. The van der Waals surface area contributed by atoms with Crippen LogP contribution in [0.3, 0.4) is 0 Å². The van der Waals surface area contributed by atoms with Gasteiger partial charge < -0.3 is 10.2 Å². The quantitative estimate of drug-likeness (QED) is 0.177. The van der Waals surface area contributed by atoms with Crippen LogP contribution in [0, 0.1) is 13.8 Å². The highest BCUT2D eigenvalue weighted by molar-refractivity contribution is 7.92. The van der Waals surface area contributed by atoms with E-state index in [1.807, 2.05) is 57.2 Å². The zero-order valence-corrected chi connectivity index (χ0v) is 28.0. The van der Waals surface area contributed by atoms with Gasteiger partial charge in [0.2, 0.25) is 11.8 Å². The normalized spacial score (nSPS) is 12.1. The minimum Gasteiger partial charge on any atom is -0.352 e. The van der Waals surface area contributed by atoms with E-state index in [9.17, 15) is 18.0 Å². The fourth-order valence-corrected chi connectivity index (χ4v) is 7.12. The Morgan fingerprint density at radius 2 is 1.42 bits per heavy atom. The molecule has 7 nitrogen and oxygen atoms in total. The van der Waals surface area contributed by atoms with Crippen LogP contribution < -0.4 is 9.62 Å². The van der Waals surface area contributed by atoms with Gasteiger partial charge in [-0.05, 0) is 69.2 Å². The summed E-state index contributed by atoms with van der Waals surface area (Å²) in [5, 5.41) is 3.59. The predicted molar refractivity (Wildman–Crippen MR) is 181 cm³/mol. The first-order chi connectivity index (χ1) is 21.4. The molecule has 0 unspecified atom stereocenters. The van der Waals surface area contributed by atoms with Crippen molar-refractivity contribution in [3.8, 4) is 0 Å². The molecule has 0 aliphatic carbocycles. The van der Waals surface area contributed by atoms with Crippen LogP contribution in [0.15, 0.2) is 102 Å². The van der Waals surface area contributed by atoms with Crippen molar-refractivity contribution < 1.29 is 18.0 Å². The molecule has 0 fully saturated rings. The highest BCUT2D eigenvalue weighted by Crippen LogP contribution is 2.30. The lowest BCUT2D eigenvalue weighted by molar-refractivity contribution is -0.140. The van der Waals surface area contributed by atoms with Crippen LogP contribution in [0.1, 0.15) is 36.1 Å². The molecular weight excluding hydrogens is 629 g/mol. The maximum absolute atomic E-state index is 14.6. The Balaban J connectivity index is 1.86. The summed E-state index contributed by atoms with van der Waals surface area (Å²) in [6.45, 7) is 6.70. The maximum atomic E-state index is 14.6. The molecule has 0 bridgehead atoms. The lowest BCUT2D eigenvalue weighted by Crippen LogP contribution is -2.54. The van der Waals surface area contributed by atoms with Crippen molar-refractivity contribution in [2.24, 2.45) is 0 Å². The third-order valence-corrected chi connectivity index (χ3v) is 9.81. The van der Waals surface area contributed by atoms with Gasteiger partial charge >= 0.3 is 0 Å². The highest BCUT2D eigenvalue weighted by Gasteiger charge is 2.35. The van der Waals surface area contributed by atoms with Gasteiger partial charge in [0.05, 0.1) is 10.6 Å². The molecule has 0 saturated carbocycles. The number of benzene rings is 4. The molecule has 1 atom stereocenters. The number of carbonyl (C=O) groups excluding carboxylic acids is 2. The van der Waals surface area contributed by atoms with E-state index >= 15 is 0 Å². The fraction of sp³-hybridized carbons (Fsp3) is 0.257. The van der Waals surface area contributed by atoms with Gasteiger partial charge in [-0.15, -0.1) is 0 Å². The zero-order valence-electron chi connectivity index (χ0n) is 25.7. The number of nitrogens with zero attached hydrogens (tertiary/aromatic N) is 2. The SMILES string of the molecule is Cc1ccc(N(CC(=O)N(Cc2c(Cl)cccc2Cl)[C@H](Cc2ccccc2)C(=O)NC(C)C)S(=O)(=O)c2ccccc2)c(C)c1. The third-order valence-electron chi connectivity index (χ3n) is 7.32. The molecule has 236 valence electrons. The van der Waals surface area contributed by atoms with Crippen LogP contribution >= 0.6 is 23.2 Å². The summed E-state index contributed by atoms with van der Waals surface area (Å²) < 4.78 is 29.4. The van der Waals surface area contributed by atoms with Crippen LogP contribution in [-0.2, 0) is 32.6 Å². The Morgan fingerprint density at radius 1 is 0.822 bits per heavy atom. The summed E-state index contributed by atoms with van der Waals surface area (Å²) >= 11 is 13.1. The van der Waals surface area contributed by atoms with Gasteiger partial charge in [-0.2, -0.15) is 0 Å². The first-order valence-corrected chi connectivity index (χ1v) is 16.8. The van der Waals surface area contributed by atoms with Crippen LogP contribution in [0.2, 0.25) is 10.0 Å². The number of hydrogen-bond acceptors (Lipinski definition) is 4. The van der Waals surface area contributed by atoms with E-state index in [1.54, 1.807) is 55.5 Å². The average Bonchev–Trinajstić information content (AvgIpc) is 2.99. The highest BCUT2D eigenvalue weighted by atomic mass is 35.5. The number of aryl methyl sites for hydroxylation is 2. The molecule has 4 aromatic rings. The van der Waals surface area contributed by atoms with Gasteiger partial charge in [0.25, 0.3) is 10.0 Å². The first kappa shape index (κ1) is 34.0. The molecule has 0 aliphatic rings. The largest absolute Gasteiger partial charge is 0.352 e. The van der Waals surface area contributed by atoms with Gasteiger partial charge in [0.1, 0.15) is 12.6 Å². The maximum Gasteiger partial charge on any atom is 0.264 e. The van der Waals surface area contributed by atoms with Gasteiger partial charge in [-0.3, -0.25) is 13.9 Å². The summed E-state index contributed by atoms with van der Waals surface area (Å²) in [6, 6.07) is 26.5. The average molecular weight is 667 g/mol. The molecule has 4 rings (SSSR count). The number of carbonyl (C=O) groups is 2. The number of halogens is 2. The van der Waals surface area contributed by atoms with Crippen LogP contribution in [0.25, 0.3) is 0 Å². The molecule has 0 radical (unpaired) electrons. The number of hydrogen-bond donors (Lipinski definition) is 1. The van der Waals surface area contributed by atoms with E-state index < -0.39 is 28.5 Å². The molecule has 45 heavy (non-hydrogen) atoms. The summed E-state index contributed by atoms with van der Waals surface area (Å²) in [5.74, 6) is -0.973. The molecule has 2 amide bonds. The summed E-state index contributed by atoms with van der Waals surface area (Å²) in [6.07, 6.45) is 0.183. The third kappa shape index (κ3) is 8.45. The van der Waals surface area contributed by atoms with Crippen molar-refractivity contribution in [1.29, 1.82) is 0 Å². The molecule has 0 aromatic heterocycles. The Labute approximate surface area is 275 Å². The lowest BCUT2D eigenvalue weighted by Gasteiger charge is -2.34. The molecule has 0 saturated heterocycles. The van der Waals surface area contributed by atoms with E-state index in [0.717, 1.165) is 15.4 Å². The van der Waals surface area contributed by atoms with Gasteiger partial charge in [-0.25, -0.2) is 8.42 Å². The van der Waals surface area contributed by atoms with E-state index in [0.29, 0.717) is 26.9 Å². The van der Waals surface area contributed by atoms with E-state index in [2.05, 4.69) is 5.32 Å². The monoisotopic (exact) mass is 665 g/mol. The van der Waals surface area contributed by atoms with Crippen molar-refractivity contribution in [2.45, 2.75) is 57.6 Å². The van der Waals surface area contributed by atoms with Crippen molar-refractivity contribution in [3.05, 3.63) is 129 Å². The van der Waals surface area contributed by atoms with E-state index in [4.69, 9.17) is 23.2 Å². The molecular formula is C35H37Cl2N3O4S. The molecule has 10 heteroatoms. The number of amides is 2. The Morgan fingerprint density at radius 3 is 2.00 bits per heavy atom. The molecule has 0 aliphatic heterocycles. The van der Waals surface area contributed by atoms with Crippen molar-refractivity contribution in [3.63, 3.8) is 0 Å². The van der Waals surface area contributed by atoms with Gasteiger partial charge in [0.15, 0.2) is 0 Å². The number of sulfonamides is 1. The zero-order chi connectivity index (χ0) is 32.7. The van der Waals surface area contributed by atoms with Crippen LogP contribution in [-0.4, -0.2) is 43.8 Å². The van der Waals surface area contributed by atoms with Crippen LogP contribution in [0.5, 0.6) is 0 Å². The van der Waals surface area contributed by atoms with E-state index in [-0.39, 0.29) is 29.8 Å². The number of rotatable bonds is 12. The van der Waals surface area contributed by atoms with Gasteiger partial charge in [0, 0.05) is 34.6 Å². The first-order valence-electron chi connectivity index (χ1n) is 14.6. The standard InChI is InChI=1S/C35H37Cl2N3O4S/c1-24(2)38-35(42)33(21-27-12-7-5-8-13-27)39(22-29-30(36)16-11-17-31(29)37)34(41)23-40(32-19-18-25(3)20-26(32)4)45(43,44)28-14-9-6-10-15-28/h5-20,24,33H,21-23H2,1-4H3,(H,38,42)/t33-/m1/s1. The summed E-state index contributed by atoms with van der Waals surface area (Å²) in [4.78, 5) is 29.8. The minimum atomic E-state index is -4.20. The van der Waals surface area contributed by atoms with Crippen LogP contribution in [0.4, 0.5) is 5.69 Å². The second-order valence-electron chi connectivity index (χ2n) is 11.2.